The molecule has 0 aliphatic rings. The van der Waals surface area contributed by atoms with Gasteiger partial charge in [-0.2, -0.15) is 0 Å². The van der Waals surface area contributed by atoms with E-state index in [0.717, 1.165) is 0 Å². The molecular formula is C16H15Cl2NO4S. The number of anilines is 1. The van der Waals surface area contributed by atoms with Gasteiger partial charge in [-0.3, -0.25) is 4.79 Å². The molecule has 128 valence electrons. The Morgan fingerprint density at radius 1 is 1.21 bits per heavy atom. The predicted octanol–water partition coefficient (Wildman–Crippen LogP) is 4.13. The zero-order chi connectivity index (χ0) is 17.7. The smallest absolute Gasteiger partial charge is 0.350 e. The quantitative estimate of drug-likeness (QED) is 0.699. The molecule has 0 bridgehead atoms. The second kappa shape index (κ2) is 8.48. The predicted molar refractivity (Wildman–Crippen MR) is 95.7 cm³/mol. The molecule has 0 aliphatic carbocycles. The van der Waals surface area contributed by atoms with Gasteiger partial charge < -0.3 is 14.4 Å². The van der Waals surface area contributed by atoms with Gasteiger partial charge in [0.2, 0.25) is 0 Å². The molecule has 1 amide bonds. The van der Waals surface area contributed by atoms with Gasteiger partial charge in [0, 0.05) is 18.7 Å². The number of methoxy groups -OCH3 is 2. The van der Waals surface area contributed by atoms with Crippen molar-refractivity contribution in [3.8, 4) is 0 Å². The summed E-state index contributed by atoms with van der Waals surface area (Å²) >= 11 is 13.2. The Bertz CT molecular complexity index is 747. The lowest BCUT2D eigenvalue weighted by Crippen LogP contribution is -2.34. The molecule has 24 heavy (non-hydrogen) atoms. The van der Waals surface area contributed by atoms with E-state index in [0.29, 0.717) is 27.8 Å². The topological polar surface area (TPSA) is 55.8 Å². The highest BCUT2D eigenvalue weighted by Crippen LogP contribution is 2.30. The van der Waals surface area contributed by atoms with Gasteiger partial charge in [-0.1, -0.05) is 23.2 Å². The van der Waals surface area contributed by atoms with Crippen LogP contribution < -0.4 is 4.90 Å². The van der Waals surface area contributed by atoms with E-state index in [1.54, 1.807) is 23.6 Å². The molecule has 0 spiro atoms. The van der Waals surface area contributed by atoms with E-state index in [4.69, 9.17) is 32.7 Å². The first-order chi connectivity index (χ1) is 11.5. The molecule has 0 fully saturated rings. The lowest BCUT2D eigenvalue weighted by Gasteiger charge is -2.23. The highest BCUT2D eigenvalue weighted by atomic mass is 35.5. The van der Waals surface area contributed by atoms with Crippen LogP contribution in [0, 0.1) is 0 Å². The molecule has 1 aromatic heterocycles. The molecular weight excluding hydrogens is 373 g/mol. The van der Waals surface area contributed by atoms with Crippen molar-refractivity contribution in [1.82, 2.24) is 0 Å². The summed E-state index contributed by atoms with van der Waals surface area (Å²) in [5.41, 5.74) is 0.749. The summed E-state index contributed by atoms with van der Waals surface area (Å²) in [6, 6.07) is 6.33. The molecule has 0 atom stereocenters. The summed E-state index contributed by atoms with van der Waals surface area (Å²) < 4.78 is 9.85. The van der Waals surface area contributed by atoms with Crippen LogP contribution in [0.2, 0.25) is 10.0 Å². The van der Waals surface area contributed by atoms with Crippen molar-refractivity contribution >= 4 is 52.1 Å². The second-order valence-corrected chi connectivity index (χ2v) is 6.46. The Morgan fingerprint density at radius 2 is 1.96 bits per heavy atom. The SMILES string of the molecule is COCCN(C(=O)c1ccc(Cl)cc1Cl)c1ccsc1C(=O)OC. The molecule has 8 heteroatoms. The van der Waals surface area contributed by atoms with Crippen LogP contribution in [0.5, 0.6) is 0 Å². The molecule has 1 heterocycles. The third kappa shape index (κ3) is 4.08. The number of halogens is 2. The zero-order valence-corrected chi connectivity index (χ0v) is 15.4. The number of amides is 1. The van der Waals surface area contributed by atoms with Crippen LogP contribution in [0.1, 0.15) is 20.0 Å². The third-order valence-electron chi connectivity index (χ3n) is 3.23. The normalized spacial score (nSPS) is 10.5. The number of rotatable bonds is 6. The molecule has 2 rings (SSSR count). The van der Waals surface area contributed by atoms with Crippen LogP contribution in [0.15, 0.2) is 29.6 Å². The lowest BCUT2D eigenvalue weighted by molar-refractivity contribution is 0.0607. The van der Waals surface area contributed by atoms with Gasteiger partial charge in [0.05, 0.1) is 30.0 Å². The number of ether oxygens (including phenoxy) is 2. The van der Waals surface area contributed by atoms with Crippen LogP contribution in [-0.4, -0.2) is 39.2 Å². The number of hydrogen-bond donors (Lipinski definition) is 0. The Hall–Kier alpha value is -1.60. The first-order valence-corrected chi connectivity index (χ1v) is 8.54. The van der Waals surface area contributed by atoms with E-state index < -0.39 is 5.97 Å². The zero-order valence-electron chi connectivity index (χ0n) is 13.0. The summed E-state index contributed by atoms with van der Waals surface area (Å²) in [6.07, 6.45) is 0. The Morgan fingerprint density at radius 3 is 2.58 bits per heavy atom. The second-order valence-electron chi connectivity index (χ2n) is 4.70. The van der Waals surface area contributed by atoms with Gasteiger partial charge in [0.25, 0.3) is 5.91 Å². The minimum atomic E-state index is -0.502. The van der Waals surface area contributed by atoms with Crippen molar-refractivity contribution in [2.45, 2.75) is 0 Å². The third-order valence-corrected chi connectivity index (χ3v) is 4.66. The lowest BCUT2D eigenvalue weighted by atomic mass is 10.2. The standard InChI is InChI=1S/C16H15Cl2NO4S/c1-22-7-6-19(13-5-8-24-14(13)16(21)23-2)15(20)11-4-3-10(17)9-12(11)18/h3-5,8-9H,6-7H2,1-2H3. The molecule has 0 saturated heterocycles. The number of benzene rings is 1. The van der Waals surface area contributed by atoms with E-state index >= 15 is 0 Å². The van der Waals surface area contributed by atoms with Crippen molar-refractivity contribution in [2.75, 3.05) is 32.3 Å². The Kier molecular flexibility index (Phi) is 6.62. The molecule has 0 saturated carbocycles. The van der Waals surface area contributed by atoms with Crippen LogP contribution in [-0.2, 0) is 9.47 Å². The van der Waals surface area contributed by atoms with Gasteiger partial charge in [0.1, 0.15) is 4.88 Å². The van der Waals surface area contributed by atoms with Gasteiger partial charge in [-0.15, -0.1) is 11.3 Å². The van der Waals surface area contributed by atoms with Gasteiger partial charge >= 0.3 is 5.97 Å². The Balaban J connectivity index is 2.43. The fourth-order valence-corrected chi connectivity index (χ4v) is 3.38. The summed E-state index contributed by atoms with van der Waals surface area (Å²) in [6.45, 7) is 0.558. The maximum absolute atomic E-state index is 12.9. The Labute approximate surface area is 153 Å². The van der Waals surface area contributed by atoms with Crippen LogP contribution in [0.3, 0.4) is 0 Å². The largest absolute Gasteiger partial charge is 0.465 e. The van der Waals surface area contributed by atoms with Crippen molar-refractivity contribution in [1.29, 1.82) is 0 Å². The van der Waals surface area contributed by atoms with E-state index in [-0.39, 0.29) is 17.5 Å². The van der Waals surface area contributed by atoms with E-state index in [1.807, 2.05) is 0 Å². The average Bonchev–Trinajstić information content (AvgIpc) is 3.03. The van der Waals surface area contributed by atoms with E-state index in [2.05, 4.69) is 0 Å². The van der Waals surface area contributed by atoms with Crippen LogP contribution in [0.25, 0.3) is 0 Å². The average molecular weight is 388 g/mol. The molecule has 0 radical (unpaired) electrons. The van der Waals surface area contributed by atoms with Gasteiger partial charge in [-0.25, -0.2) is 4.79 Å². The molecule has 0 aliphatic heterocycles. The van der Waals surface area contributed by atoms with Crippen LogP contribution >= 0.6 is 34.5 Å². The number of nitrogens with zero attached hydrogens (tertiary/aromatic N) is 1. The fourth-order valence-electron chi connectivity index (χ4n) is 2.08. The minimum absolute atomic E-state index is 0.241. The summed E-state index contributed by atoms with van der Waals surface area (Å²) in [4.78, 5) is 26.6. The highest BCUT2D eigenvalue weighted by Gasteiger charge is 2.25. The number of carbonyl (C=O) groups is 2. The highest BCUT2D eigenvalue weighted by molar-refractivity contribution is 7.12. The van der Waals surface area contributed by atoms with Crippen molar-refractivity contribution in [2.24, 2.45) is 0 Å². The minimum Gasteiger partial charge on any atom is -0.465 e. The molecule has 5 nitrogen and oxygen atoms in total. The number of thiophene rings is 1. The van der Waals surface area contributed by atoms with Crippen molar-refractivity contribution in [3.05, 3.63) is 50.1 Å². The van der Waals surface area contributed by atoms with Crippen molar-refractivity contribution in [3.63, 3.8) is 0 Å². The molecule has 0 N–H and O–H groups in total. The maximum Gasteiger partial charge on any atom is 0.350 e. The van der Waals surface area contributed by atoms with E-state index in [9.17, 15) is 9.59 Å². The van der Waals surface area contributed by atoms with Gasteiger partial charge in [0.15, 0.2) is 0 Å². The first-order valence-electron chi connectivity index (χ1n) is 6.91. The number of esters is 1. The summed E-state index contributed by atoms with van der Waals surface area (Å²) in [5, 5.41) is 2.40. The summed E-state index contributed by atoms with van der Waals surface area (Å²) in [5.74, 6) is -0.852. The number of hydrogen-bond acceptors (Lipinski definition) is 5. The van der Waals surface area contributed by atoms with Crippen LogP contribution in [0.4, 0.5) is 5.69 Å². The molecule has 1 aromatic carbocycles. The monoisotopic (exact) mass is 387 g/mol. The molecule has 0 unspecified atom stereocenters. The number of carbonyl (C=O) groups excluding carboxylic acids is 2. The van der Waals surface area contributed by atoms with E-state index in [1.165, 1.54) is 36.5 Å². The van der Waals surface area contributed by atoms with Crippen molar-refractivity contribution < 1.29 is 19.1 Å². The molecule has 2 aromatic rings. The fraction of sp³-hybridized carbons (Fsp3) is 0.250. The van der Waals surface area contributed by atoms with Gasteiger partial charge in [-0.05, 0) is 29.6 Å². The summed E-state index contributed by atoms with van der Waals surface area (Å²) in [7, 11) is 2.83. The first kappa shape index (κ1) is 18.7. The maximum atomic E-state index is 12.9.